The minimum Gasteiger partial charge on any atom is -0.0613 e. The highest BCUT2D eigenvalue weighted by Gasteiger charge is 2.00. The van der Waals surface area contributed by atoms with E-state index in [1.807, 2.05) is 0 Å². The van der Waals surface area contributed by atoms with Gasteiger partial charge < -0.3 is 0 Å². The number of fused-ring (bicyclic) bond motifs is 1. The maximum atomic E-state index is 2.29. The normalized spacial score (nSPS) is 10.8. The van der Waals surface area contributed by atoms with Crippen LogP contribution in [0.15, 0.2) is 30.3 Å². The molecule has 0 unspecified atom stereocenters. The Morgan fingerprint density at radius 2 is 1.64 bits per heavy atom. The van der Waals surface area contributed by atoms with Crippen molar-refractivity contribution in [2.45, 2.75) is 27.2 Å². The molecule has 0 aliphatic rings. The molecule has 0 atom stereocenters. The highest BCUT2D eigenvalue weighted by molar-refractivity contribution is 5.87. The number of hydrogen-bond donors (Lipinski definition) is 0. The summed E-state index contributed by atoms with van der Waals surface area (Å²) in [6, 6.07) is 11.3. The fraction of sp³-hybridized carbons (Fsp3) is 0.286. The lowest BCUT2D eigenvalue weighted by Crippen LogP contribution is -1.86. The van der Waals surface area contributed by atoms with E-state index in [0.29, 0.717) is 0 Å². The average Bonchev–Trinajstić information content (AvgIpc) is 2.15. The zero-order valence-electron chi connectivity index (χ0n) is 9.09. The van der Waals surface area contributed by atoms with E-state index >= 15 is 0 Å². The minimum atomic E-state index is 1.11. The van der Waals surface area contributed by atoms with Crippen molar-refractivity contribution >= 4 is 10.8 Å². The lowest BCUT2D eigenvalue weighted by Gasteiger charge is -2.07. The van der Waals surface area contributed by atoms with Gasteiger partial charge in [-0.2, -0.15) is 0 Å². The first-order chi connectivity index (χ1) is 6.70. The second kappa shape index (κ2) is 3.45. The van der Waals surface area contributed by atoms with Crippen LogP contribution in [0.2, 0.25) is 0 Å². The average molecular weight is 184 g/mol. The quantitative estimate of drug-likeness (QED) is 0.628. The third-order valence-corrected chi connectivity index (χ3v) is 2.72. The Morgan fingerprint density at radius 1 is 0.929 bits per heavy atom. The van der Waals surface area contributed by atoms with Crippen LogP contribution < -0.4 is 0 Å². The molecule has 0 heterocycles. The molecule has 0 aliphatic heterocycles. The molecular weight excluding hydrogens is 168 g/mol. The van der Waals surface area contributed by atoms with Crippen LogP contribution in [0.5, 0.6) is 0 Å². The summed E-state index contributed by atoms with van der Waals surface area (Å²) in [5.41, 5.74) is 4.16. The van der Waals surface area contributed by atoms with Crippen LogP contribution in [-0.2, 0) is 6.42 Å². The fourth-order valence-corrected chi connectivity index (χ4v) is 2.03. The smallest absolute Gasteiger partial charge is 0.0152 e. The topological polar surface area (TPSA) is 0 Å². The zero-order valence-corrected chi connectivity index (χ0v) is 9.09. The Morgan fingerprint density at radius 3 is 2.36 bits per heavy atom. The van der Waals surface area contributed by atoms with Gasteiger partial charge in [-0.3, -0.25) is 0 Å². The van der Waals surface area contributed by atoms with Crippen LogP contribution in [0.3, 0.4) is 0 Å². The van der Waals surface area contributed by atoms with Crippen LogP contribution in [0.4, 0.5) is 0 Å². The van der Waals surface area contributed by atoms with Gasteiger partial charge in [0.1, 0.15) is 0 Å². The molecule has 0 N–H and O–H groups in total. The number of benzene rings is 2. The van der Waals surface area contributed by atoms with Gasteiger partial charge in [-0.25, -0.2) is 0 Å². The molecule has 2 aromatic rings. The third kappa shape index (κ3) is 1.52. The molecule has 14 heavy (non-hydrogen) atoms. The summed E-state index contributed by atoms with van der Waals surface area (Å²) in [5, 5.41) is 2.78. The summed E-state index contributed by atoms with van der Waals surface area (Å²) in [6.45, 7) is 6.53. The zero-order chi connectivity index (χ0) is 10.1. The lowest BCUT2D eigenvalue weighted by molar-refractivity contribution is 1.15. The standard InChI is InChI=1S/C14H16/c1-4-12-8-11(3)9-13-7-10(2)5-6-14(12)13/h5-9H,4H2,1-3H3. The van der Waals surface area contributed by atoms with Gasteiger partial charge in [0.2, 0.25) is 0 Å². The van der Waals surface area contributed by atoms with E-state index in [0.717, 1.165) is 6.42 Å². The van der Waals surface area contributed by atoms with Crippen molar-refractivity contribution in [2.75, 3.05) is 0 Å². The Kier molecular flexibility index (Phi) is 2.28. The second-order valence-corrected chi connectivity index (χ2v) is 4.00. The molecule has 0 nitrogen and oxygen atoms in total. The predicted octanol–water partition coefficient (Wildman–Crippen LogP) is 4.02. The van der Waals surface area contributed by atoms with E-state index in [9.17, 15) is 0 Å². The summed E-state index contributed by atoms with van der Waals surface area (Å²) in [6.07, 6.45) is 1.11. The summed E-state index contributed by atoms with van der Waals surface area (Å²) >= 11 is 0. The molecule has 0 aromatic heterocycles. The fourth-order valence-electron chi connectivity index (χ4n) is 2.03. The molecule has 0 saturated carbocycles. The monoisotopic (exact) mass is 184 g/mol. The first-order valence-electron chi connectivity index (χ1n) is 5.20. The minimum absolute atomic E-state index is 1.11. The van der Waals surface area contributed by atoms with Gasteiger partial charge in [0.05, 0.1) is 0 Å². The molecule has 0 amide bonds. The van der Waals surface area contributed by atoms with E-state index < -0.39 is 0 Å². The molecule has 0 aliphatic carbocycles. The maximum Gasteiger partial charge on any atom is -0.0152 e. The summed E-state index contributed by atoms with van der Waals surface area (Å²) < 4.78 is 0. The van der Waals surface area contributed by atoms with E-state index in [1.54, 1.807) is 0 Å². The van der Waals surface area contributed by atoms with Crippen molar-refractivity contribution < 1.29 is 0 Å². The van der Waals surface area contributed by atoms with Crippen LogP contribution >= 0.6 is 0 Å². The molecule has 2 aromatic carbocycles. The molecule has 0 bridgehead atoms. The Labute approximate surface area is 85.6 Å². The molecule has 0 spiro atoms. The van der Waals surface area contributed by atoms with Crippen LogP contribution in [-0.4, -0.2) is 0 Å². The number of aryl methyl sites for hydroxylation is 3. The molecule has 0 radical (unpaired) electrons. The van der Waals surface area contributed by atoms with Gasteiger partial charge in [0, 0.05) is 0 Å². The molecular formula is C14H16. The Bertz CT molecular complexity index is 461. The van der Waals surface area contributed by atoms with Crippen molar-refractivity contribution in [3.05, 3.63) is 47.0 Å². The highest BCUT2D eigenvalue weighted by Crippen LogP contribution is 2.22. The maximum absolute atomic E-state index is 2.29. The Balaban J connectivity index is 2.81. The summed E-state index contributed by atoms with van der Waals surface area (Å²) in [5.74, 6) is 0. The number of hydrogen-bond acceptors (Lipinski definition) is 0. The first-order valence-corrected chi connectivity index (χ1v) is 5.20. The molecule has 0 fully saturated rings. The molecule has 2 rings (SSSR count). The first kappa shape index (κ1) is 9.26. The highest BCUT2D eigenvalue weighted by atomic mass is 14.0. The third-order valence-electron chi connectivity index (χ3n) is 2.72. The van der Waals surface area contributed by atoms with Crippen molar-refractivity contribution in [2.24, 2.45) is 0 Å². The summed E-state index contributed by atoms with van der Waals surface area (Å²) in [4.78, 5) is 0. The van der Waals surface area contributed by atoms with Crippen molar-refractivity contribution in [3.63, 3.8) is 0 Å². The lowest BCUT2D eigenvalue weighted by atomic mass is 9.98. The van der Waals surface area contributed by atoms with E-state index in [-0.39, 0.29) is 0 Å². The van der Waals surface area contributed by atoms with Gasteiger partial charge in [-0.15, -0.1) is 0 Å². The van der Waals surface area contributed by atoms with E-state index in [4.69, 9.17) is 0 Å². The van der Waals surface area contributed by atoms with Gasteiger partial charge in [-0.1, -0.05) is 48.4 Å². The largest absolute Gasteiger partial charge is 0.0613 e. The molecule has 0 saturated heterocycles. The van der Waals surface area contributed by atoms with Gasteiger partial charge in [-0.05, 0) is 36.6 Å². The second-order valence-electron chi connectivity index (χ2n) is 4.00. The number of rotatable bonds is 1. The van der Waals surface area contributed by atoms with Crippen molar-refractivity contribution in [1.29, 1.82) is 0 Å². The van der Waals surface area contributed by atoms with E-state index in [1.165, 1.54) is 27.5 Å². The Hall–Kier alpha value is -1.30. The van der Waals surface area contributed by atoms with Crippen LogP contribution in [0, 0.1) is 13.8 Å². The van der Waals surface area contributed by atoms with Crippen molar-refractivity contribution in [3.8, 4) is 0 Å². The van der Waals surface area contributed by atoms with Gasteiger partial charge in [0.25, 0.3) is 0 Å². The molecule has 0 heteroatoms. The van der Waals surface area contributed by atoms with Crippen LogP contribution in [0.25, 0.3) is 10.8 Å². The van der Waals surface area contributed by atoms with E-state index in [2.05, 4.69) is 51.1 Å². The predicted molar refractivity (Wildman–Crippen MR) is 62.8 cm³/mol. The summed E-state index contributed by atoms with van der Waals surface area (Å²) in [7, 11) is 0. The van der Waals surface area contributed by atoms with Crippen molar-refractivity contribution in [1.82, 2.24) is 0 Å². The van der Waals surface area contributed by atoms with Crippen LogP contribution in [0.1, 0.15) is 23.6 Å². The molecule has 72 valence electrons. The van der Waals surface area contributed by atoms with Gasteiger partial charge >= 0.3 is 0 Å². The SMILES string of the molecule is CCc1cc(C)cc2cc(C)ccc12. The van der Waals surface area contributed by atoms with Gasteiger partial charge in [0.15, 0.2) is 0 Å².